The topological polar surface area (TPSA) is 82.7 Å². The second-order valence-corrected chi connectivity index (χ2v) is 6.98. The standard InChI is InChI=1S/C16H22N4O3S2/c1-11(9-23-2)17-16(24)19-18-14(21)7-8-20-12-5-3-4-6-13(12)25-10-15(20)22/h3-6,11H,7-10H2,1-2H3,(H,18,21)(H2,17,19,24)/t11-/m0/s1. The van der Waals surface area contributed by atoms with Gasteiger partial charge in [0.2, 0.25) is 11.8 Å². The molecule has 0 bridgehead atoms. The van der Waals surface area contributed by atoms with E-state index < -0.39 is 0 Å². The Labute approximate surface area is 156 Å². The van der Waals surface area contributed by atoms with E-state index in [9.17, 15) is 9.59 Å². The number of nitrogens with zero attached hydrogens (tertiary/aromatic N) is 1. The summed E-state index contributed by atoms with van der Waals surface area (Å²) in [5, 5.41) is 3.29. The zero-order chi connectivity index (χ0) is 18.2. The largest absolute Gasteiger partial charge is 0.383 e. The summed E-state index contributed by atoms with van der Waals surface area (Å²) in [7, 11) is 1.61. The molecule has 2 rings (SSSR count). The maximum Gasteiger partial charge on any atom is 0.240 e. The first-order chi connectivity index (χ1) is 12.0. The summed E-state index contributed by atoms with van der Waals surface area (Å²) in [6.07, 6.45) is 0.175. The van der Waals surface area contributed by atoms with E-state index in [0.717, 1.165) is 10.6 Å². The molecule has 0 aliphatic carbocycles. The number of thioether (sulfide) groups is 1. The van der Waals surface area contributed by atoms with Crippen molar-refractivity contribution in [3.63, 3.8) is 0 Å². The highest BCUT2D eigenvalue weighted by Crippen LogP contribution is 2.34. The normalized spacial score (nSPS) is 14.5. The van der Waals surface area contributed by atoms with Gasteiger partial charge in [-0.15, -0.1) is 11.8 Å². The Balaban J connectivity index is 1.78. The van der Waals surface area contributed by atoms with Crippen LogP contribution in [0.1, 0.15) is 13.3 Å². The monoisotopic (exact) mass is 382 g/mol. The molecule has 1 aliphatic rings. The Morgan fingerprint density at radius 1 is 1.40 bits per heavy atom. The van der Waals surface area contributed by atoms with Gasteiger partial charge in [0.25, 0.3) is 0 Å². The molecule has 9 heteroatoms. The van der Waals surface area contributed by atoms with Gasteiger partial charge in [-0.2, -0.15) is 0 Å². The molecule has 1 aromatic rings. The quantitative estimate of drug-likeness (QED) is 0.501. The van der Waals surface area contributed by atoms with Crippen molar-refractivity contribution >= 4 is 46.6 Å². The molecule has 3 N–H and O–H groups in total. The predicted molar refractivity (Wildman–Crippen MR) is 102 cm³/mol. The third kappa shape index (κ3) is 5.87. The van der Waals surface area contributed by atoms with E-state index in [1.165, 1.54) is 11.8 Å². The van der Waals surface area contributed by atoms with Gasteiger partial charge in [0.15, 0.2) is 5.11 Å². The van der Waals surface area contributed by atoms with Crippen LogP contribution < -0.4 is 21.1 Å². The van der Waals surface area contributed by atoms with Gasteiger partial charge in [0, 0.05) is 31.0 Å². The predicted octanol–water partition coefficient (Wildman–Crippen LogP) is 1.05. The number of ether oxygens (including phenoxy) is 1. The third-order valence-corrected chi connectivity index (χ3v) is 4.75. The minimum Gasteiger partial charge on any atom is -0.383 e. The SMILES string of the molecule is COC[C@H](C)NC(=S)NNC(=O)CCN1C(=O)CSc2ccccc21. The van der Waals surface area contributed by atoms with Crippen LogP contribution in [0.4, 0.5) is 5.69 Å². The van der Waals surface area contributed by atoms with Crippen molar-refractivity contribution < 1.29 is 14.3 Å². The summed E-state index contributed by atoms with van der Waals surface area (Å²) < 4.78 is 5.00. The van der Waals surface area contributed by atoms with E-state index in [-0.39, 0.29) is 24.3 Å². The Bertz CT molecular complexity index is 642. The Hall–Kier alpha value is -1.84. The molecule has 0 fully saturated rings. The molecular formula is C16H22N4O3S2. The van der Waals surface area contributed by atoms with Gasteiger partial charge in [0.1, 0.15) is 0 Å². The number of rotatable bonds is 6. The van der Waals surface area contributed by atoms with Crippen molar-refractivity contribution in [2.24, 2.45) is 0 Å². The number of carbonyl (C=O) groups excluding carboxylic acids is 2. The third-order valence-electron chi connectivity index (χ3n) is 3.48. The summed E-state index contributed by atoms with van der Waals surface area (Å²) in [6.45, 7) is 2.74. The number of para-hydroxylation sites is 1. The van der Waals surface area contributed by atoms with Crippen LogP contribution in [0.15, 0.2) is 29.2 Å². The van der Waals surface area contributed by atoms with Crippen LogP contribution in [-0.4, -0.2) is 49.0 Å². The minimum absolute atomic E-state index is 0.00929. The maximum atomic E-state index is 12.1. The fraction of sp³-hybridized carbons (Fsp3) is 0.438. The molecule has 25 heavy (non-hydrogen) atoms. The lowest BCUT2D eigenvalue weighted by atomic mass is 10.2. The molecular weight excluding hydrogens is 360 g/mol. The maximum absolute atomic E-state index is 12.1. The van der Waals surface area contributed by atoms with Crippen LogP contribution in [0.2, 0.25) is 0 Å². The van der Waals surface area contributed by atoms with Crippen LogP contribution in [0.3, 0.4) is 0 Å². The highest BCUT2D eigenvalue weighted by Gasteiger charge is 2.24. The number of fused-ring (bicyclic) bond motifs is 1. The van der Waals surface area contributed by atoms with Crippen LogP contribution in [-0.2, 0) is 14.3 Å². The van der Waals surface area contributed by atoms with Gasteiger partial charge < -0.3 is 15.0 Å². The summed E-state index contributed by atoms with van der Waals surface area (Å²) in [4.78, 5) is 26.8. The molecule has 1 atom stereocenters. The summed E-state index contributed by atoms with van der Waals surface area (Å²) >= 11 is 6.60. The number of amides is 2. The number of benzene rings is 1. The molecule has 2 amide bonds. The molecule has 7 nitrogen and oxygen atoms in total. The molecule has 1 aromatic carbocycles. The van der Waals surface area contributed by atoms with Gasteiger partial charge in [-0.1, -0.05) is 12.1 Å². The van der Waals surface area contributed by atoms with Crippen molar-refractivity contribution in [2.75, 3.05) is 30.9 Å². The highest BCUT2D eigenvalue weighted by molar-refractivity contribution is 8.00. The summed E-state index contributed by atoms with van der Waals surface area (Å²) in [6, 6.07) is 7.73. The average Bonchev–Trinajstić information content (AvgIpc) is 2.59. The number of anilines is 1. The van der Waals surface area contributed by atoms with E-state index in [2.05, 4.69) is 16.2 Å². The van der Waals surface area contributed by atoms with Crippen molar-refractivity contribution in [2.45, 2.75) is 24.3 Å². The number of hydrogen-bond acceptors (Lipinski definition) is 5. The minimum atomic E-state index is -0.243. The van der Waals surface area contributed by atoms with Gasteiger partial charge in [-0.3, -0.25) is 20.4 Å². The lowest BCUT2D eigenvalue weighted by Crippen LogP contribution is -2.50. The highest BCUT2D eigenvalue weighted by atomic mass is 32.2. The number of carbonyl (C=O) groups is 2. The molecule has 1 aliphatic heterocycles. The van der Waals surface area contributed by atoms with E-state index in [1.54, 1.807) is 12.0 Å². The summed E-state index contributed by atoms with van der Waals surface area (Å²) in [5.41, 5.74) is 6.04. The molecule has 0 unspecified atom stereocenters. The Morgan fingerprint density at radius 3 is 2.92 bits per heavy atom. The second kappa shape index (κ2) is 9.59. The van der Waals surface area contributed by atoms with E-state index in [4.69, 9.17) is 17.0 Å². The van der Waals surface area contributed by atoms with Crippen molar-refractivity contribution in [3.8, 4) is 0 Å². The number of nitrogens with one attached hydrogen (secondary N) is 3. The zero-order valence-electron chi connectivity index (χ0n) is 14.2. The Morgan fingerprint density at radius 2 is 2.16 bits per heavy atom. The first-order valence-electron chi connectivity index (χ1n) is 7.87. The molecule has 1 heterocycles. The van der Waals surface area contributed by atoms with Crippen LogP contribution in [0.25, 0.3) is 0 Å². The number of hydrazine groups is 1. The smallest absolute Gasteiger partial charge is 0.240 e. The molecule has 0 radical (unpaired) electrons. The number of methoxy groups -OCH3 is 1. The van der Waals surface area contributed by atoms with Crippen molar-refractivity contribution in [1.29, 1.82) is 0 Å². The van der Waals surface area contributed by atoms with E-state index >= 15 is 0 Å². The fourth-order valence-electron chi connectivity index (χ4n) is 2.35. The first-order valence-corrected chi connectivity index (χ1v) is 9.27. The first kappa shape index (κ1) is 19.5. The zero-order valence-corrected chi connectivity index (χ0v) is 15.8. The average molecular weight is 383 g/mol. The van der Waals surface area contributed by atoms with E-state index in [1.807, 2.05) is 31.2 Å². The summed E-state index contributed by atoms with van der Waals surface area (Å²) in [5.74, 6) is 0.157. The molecule has 0 aromatic heterocycles. The van der Waals surface area contributed by atoms with Gasteiger partial charge in [-0.05, 0) is 31.3 Å². The lowest BCUT2D eigenvalue weighted by molar-refractivity contribution is -0.121. The van der Waals surface area contributed by atoms with Gasteiger partial charge in [-0.25, -0.2) is 0 Å². The fourth-order valence-corrected chi connectivity index (χ4v) is 3.54. The molecule has 0 saturated heterocycles. The van der Waals surface area contributed by atoms with Crippen LogP contribution in [0, 0.1) is 0 Å². The van der Waals surface area contributed by atoms with Crippen molar-refractivity contribution in [3.05, 3.63) is 24.3 Å². The van der Waals surface area contributed by atoms with Crippen molar-refractivity contribution in [1.82, 2.24) is 16.2 Å². The number of hydrogen-bond donors (Lipinski definition) is 3. The van der Waals surface area contributed by atoms with Gasteiger partial charge in [0.05, 0.1) is 18.0 Å². The number of thiocarbonyl (C=S) groups is 1. The Kier molecular flexibility index (Phi) is 7.48. The van der Waals surface area contributed by atoms with Crippen LogP contribution >= 0.6 is 24.0 Å². The molecule has 0 spiro atoms. The molecule has 136 valence electrons. The molecule has 0 saturated carbocycles. The van der Waals surface area contributed by atoms with Crippen LogP contribution in [0.5, 0.6) is 0 Å². The lowest BCUT2D eigenvalue weighted by Gasteiger charge is -2.28. The van der Waals surface area contributed by atoms with Gasteiger partial charge >= 0.3 is 0 Å². The van der Waals surface area contributed by atoms with E-state index in [0.29, 0.717) is 24.0 Å². The second-order valence-electron chi connectivity index (χ2n) is 5.55.